The predicted molar refractivity (Wildman–Crippen MR) is 89.4 cm³/mol. The van der Waals surface area contributed by atoms with Crippen LogP contribution in [0.3, 0.4) is 0 Å². The minimum absolute atomic E-state index is 0.417. The predicted octanol–water partition coefficient (Wildman–Crippen LogP) is 4.37. The van der Waals surface area contributed by atoms with Crippen molar-refractivity contribution in [1.82, 2.24) is 0 Å². The van der Waals surface area contributed by atoms with Gasteiger partial charge in [-0.3, -0.25) is 5.32 Å². The maximum absolute atomic E-state index is 10.7. The average molecular weight is 372 g/mol. The molecule has 0 saturated heterocycles. The number of anilines is 1. The highest BCUT2D eigenvalue weighted by atomic mass is 79.9. The van der Waals surface area contributed by atoms with Gasteiger partial charge >= 0.3 is 6.09 Å². The smallest absolute Gasteiger partial charge is 0.409 e. The van der Waals surface area contributed by atoms with Crippen molar-refractivity contribution < 1.29 is 19.4 Å². The first kappa shape index (κ1) is 16.9. The molecule has 22 heavy (non-hydrogen) atoms. The zero-order chi connectivity index (χ0) is 15.9. The van der Waals surface area contributed by atoms with Gasteiger partial charge < -0.3 is 14.6 Å². The maximum Gasteiger partial charge on any atom is 0.409 e. The largest absolute Gasteiger partial charge is 0.494 e. The molecule has 0 unspecified atom stereocenters. The molecule has 2 N–H and O–H groups in total. The molecule has 0 heterocycles. The zero-order valence-electron chi connectivity index (χ0n) is 12.7. The lowest BCUT2D eigenvalue weighted by molar-refractivity contribution is 0.189. The molecular weight excluding hydrogens is 350 g/mol. The molecule has 2 rings (SSSR count). The first-order valence-corrected chi connectivity index (χ1v) is 8.61. The number of hydrogen-bond donors (Lipinski definition) is 2. The molecule has 1 fully saturated rings. The normalized spacial score (nSPS) is 21.2. The van der Waals surface area contributed by atoms with Gasteiger partial charge in [0.25, 0.3) is 0 Å². The Labute approximate surface area is 139 Å². The van der Waals surface area contributed by atoms with E-state index in [1.165, 1.54) is 32.8 Å². The second-order valence-corrected chi connectivity index (χ2v) is 6.29. The Morgan fingerprint density at radius 1 is 1.32 bits per heavy atom. The van der Waals surface area contributed by atoms with E-state index in [9.17, 15) is 4.79 Å². The quantitative estimate of drug-likeness (QED) is 0.728. The fourth-order valence-electron chi connectivity index (χ4n) is 2.75. The average Bonchev–Trinajstić information content (AvgIpc) is 2.54. The van der Waals surface area contributed by atoms with E-state index in [1.807, 2.05) is 0 Å². The van der Waals surface area contributed by atoms with Gasteiger partial charge in [0, 0.05) is 11.4 Å². The van der Waals surface area contributed by atoms with Crippen LogP contribution in [0.15, 0.2) is 18.2 Å². The van der Waals surface area contributed by atoms with Gasteiger partial charge in [-0.05, 0) is 49.7 Å². The van der Waals surface area contributed by atoms with E-state index < -0.39 is 6.09 Å². The van der Waals surface area contributed by atoms with Crippen molar-refractivity contribution in [2.24, 2.45) is 11.8 Å². The number of alkyl halides is 1. The van der Waals surface area contributed by atoms with Crippen molar-refractivity contribution in [1.29, 1.82) is 0 Å². The molecule has 5 nitrogen and oxygen atoms in total. The van der Waals surface area contributed by atoms with Gasteiger partial charge in [0.2, 0.25) is 0 Å². The van der Waals surface area contributed by atoms with E-state index in [0.717, 1.165) is 11.2 Å². The summed E-state index contributed by atoms with van der Waals surface area (Å²) in [5.41, 5.74) is 0.417. The van der Waals surface area contributed by atoms with E-state index in [1.54, 1.807) is 18.2 Å². The lowest BCUT2D eigenvalue weighted by Crippen LogP contribution is -2.20. The van der Waals surface area contributed by atoms with E-state index in [4.69, 9.17) is 14.6 Å². The van der Waals surface area contributed by atoms with E-state index in [0.29, 0.717) is 29.7 Å². The fraction of sp³-hybridized carbons (Fsp3) is 0.562. The summed E-state index contributed by atoms with van der Waals surface area (Å²) in [5.74, 6) is 2.56. The van der Waals surface area contributed by atoms with E-state index in [2.05, 4.69) is 21.2 Å². The van der Waals surface area contributed by atoms with Crippen molar-refractivity contribution in [3.05, 3.63) is 18.2 Å². The highest BCUT2D eigenvalue weighted by molar-refractivity contribution is 9.09. The summed E-state index contributed by atoms with van der Waals surface area (Å²) in [7, 11) is 1.51. The fourth-order valence-corrected chi connectivity index (χ4v) is 3.39. The van der Waals surface area contributed by atoms with Crippen LogP contribution in [0, 0.1) is 11.8 Å². The second kappa shape index (κ2) is 8.27. The summed E-state index contributed by atoms with van der Waals surface area (Å²) in [6.07, 6.45) is 3.79. The van der Waals surface area contributed by atoms with Crippen LogP contribution in [0.4, 0.5) is 10.5 Å². The Kier molecular flexibility index (Phi) is 6.36. The molecule has 6 heteroatoms. The third-order valence-corrected chi connectivity index (χ3v) is 5.00. The molecule has 122 valence electrons. The van der Waals surface area contributed by atoms with E-state index >= 15 is 0 Å². The summed E-state index contributed by atoms with van der Waals surface area (Å²) >= 11 is 3.55. The van der Waals surface area contributed by atoms with Gasteiger partial charge in [0.05, 0.1) is 19.4 Å². The molecule has 0 radical (unpaired) electrons. The van der Waals surface area contributed by atoms with Crippen LogP contribution in [0.2, 0.25) is 0 Å². The van der Waals surface area contributed by atoms with Gasteiger partial charge in [-0.25, -0.2) is 4.79 Å². The zero-order valence-corrected chi connectivity index (χ0v) is 14.3. The summed E-state index contributed by atoms with van der Waals surface area (Å²) < 4.78 is 11.0. The molecule has 0 spiro atoms. The van der Waals surface area contributed by atoms with Crippen LogP contribution < -0.4 is 14.8 Å². The Morgan fingerprint density at radius 2 is 2.00 bits per heavy atom. The summed E-state index contributed by atoms with van der Waals surface area (Å²) in [5, 5.41) is 12.2. The van der Waals surface area contributed by atoms with Crippen molar-refractivity contribution in [3.8, 4) is 11.5 Å². The Hall–Kier alpha value is -1.43. The van der Waals surface area contributed by atoms with Gasteiger partial charge in [0.15, 0.2) is 0 Å². The van der Waals surface area contributed by atoms with Crippen LogP contribution in [0.25, 0.3) is 0 Å². The minimum Gasteiger partial charge on any atom is -0.494 e. The number of nitrogens with one attached hydrogen (secondary N) is 1. The van der Waals surface area contributed by atoms with Crippen LogP contribution in [0.5, 0.6) is 11.5 Å². The van der Waals surface area contributed by atoms with Gasteiger partial charge in [-0.15, -0.1) is 0 Å². The number of rotatable bonds is 6. The van der Waals surface area contributed by atoms with Crippen LogP contribution in [-0.2, 0) is 0 Å². The lowest BCUT2D eigenvalue weighted by Gasteiger charge is -2.27. The number of carboxylic acid groups (broad SMARTS) is 1. The van der Waals surface area contributed by atoms with Crippen LogP contribution in [0.1, 0.15) is 25.7 Å². The Bertz CT molecular complexity index is 501. The standard InChI is InChI=1S/C16H22BrNO4/c1-21-15-8-13(6-7-14(15)18-16(19)20)22-10-12-4-2-11(9-17)3-5-12/h6-8,11-12,18H,2-5,9-10H2,1H3,(H,19,20). The topological polar surface area (TPSA) is 67.8 Å². The van der Waals surface area contributed by atoms with Crippen LogP contribution in [-0.4, -0.2) is 30.2 Å². The maximum atomic E-state index is 10.7. The molecule has 0 aromatic heterocycles. The summed E-state index contributed by atoms with van der Waals surface area (Å²) in [6.45, 7) is 0.698. The van der Waals surface area contributed by atoms with Gasteiger partial charge in [-0.1, -0.05) is 15.9 Å². The van der Waals surface area contributed by atoms with Crippen molar-refractivity contribution in [2.75, 3.05) is 24.4 Å². The monoisotopic (exact) mass is 371 g/mol. The molecule has 1 saturated carbocycles. The highest BCUT2D eigenvalue weighted by Gasteiger charge is 2.21. The summed E-state index contributed by atoms with van der Waals surface area (Å²) in [6, 6.07) is 5.14. The number of carbonyl (C=O) groups is 1. The highest BCUT2D eigenvalue weighted by Crippen LogP contribution is 2.32. The number of halogens is 1. The minimum atomic E-state index is -1.12. The SMILES string of the molecule is COc1cc(OCC2CCC(CBr)CC2)ccc1NC(=O)O. The van der Waals surface area contributed by atoms with Crippen LogP contribution >= 0.6 is 15.9 Å². The third-order valence-electron chi connectivity index (χ3n) is 4.08. The van der Waals surface area contributed by atoms with Crippen molar-refractivity contribution in [2.45, 2.75) is 25.7 Å². The summed E-state index contributed by atoms with van der Waals surface area (Å²) in [4.78, 5) is 10.7. The number of ether oxygens (including phenoxy) is 2. The second-order valence-electron chi connectivity index (χ2n) is 5.64. The van der Waals surface area contributed by atoms with Crippen molar-refractivity contribution >= 4 is 27.7 Å². The molecule has 1 aromatic carbocycles. The number of amides is 1. The number of hydrogen-bond acceptors (Lipinski definition) is 3. The van der Waals surface area contributed by atoms with Gasteiger partial charge in [-0.2, -0.15) is 0 Å². The van der Waals surface area contributed by atoms with Gasteiger partial charge in [0.1, 0.15) is 11.5 Å². The van der Waals surface area contributed by atoms with Crippen molar-refractivity contribution in [3.63, 3.8) is 0 Å². The molecule has 1 aromatic rings. The molecule has 1 amide bonds. The Morgan fingerprint density at radius 3 is 2.59 bits per heavy atom. The Balaban J connectivity index is 1.89. The third kappa shape index (κ3) is 4.80. The first-order chi connectivity index (χ1) is 10.6. The molecule has 1 aliphatic carbocycles. The molecular formula is C16H22BrNO4. The molecule has 0 aliphatic heterocycles. The number of methoxy groups -OCH3 is 1. The molecule has 0 bridgehead atoms. The van der Waals surface area contributed by atoms with E-state index in [-0.39, 0.29) is 0 Å². The number of benzene rings is 1. The lowest BCUT2D eigenvalue weighted by atomic mass is 9.83. The molecule has 1 aliphatic rings. The first-order valence-electron chi connectivity index (χ1n) is 7.49. The molecule has 0 atom stereocenters.